The van der Waals surface area contributed by atoms with Crippen LogP contribution in [0.2, 0.25) is 0 Å². The summed E-state index contributed by atoms with van der Waals surface area (Å²) in [5, 5.41) is 0. The molecule has 1 atom stereocenters. The van der Waals surface area contributed by atoms with Gasteiger partial charge in [0.2, 0.25) is 10.0 Å². The Kier molecular flexibility index (Phi) is 4.03. The number of ether oxygens (including phenoxy) is 1. The predicted molar refractivity (Wildman–Crippen MR) is 96.7 cm³/mol. The van der Waals surface area contributed by atoms with E-state index in [1.165, 1.54) is 10.6 Å². The molecule has 0 radical (unpaired) electrons. The summed E-state index contributed by atoms with van der Waals surface area (Å²) in [5.74, 6) is 0.768. The highest BCUT2D eigenvalue weighted by Gasteiger charge is 2.48. The van der Waals surface area contributed by atoms with Gasteiger partial charge in [0.25, 0.3) is 0 Å². The number of hydrogen-bond acceptors (Lipinski definition) is 4. The minimum Gasteiger partial charge on any atom is -0.497 e. The lowest BCUT2D eigenvalue weighted by atomic mass is 9.88. The topological polar surface area (TPSA) is 59.0 Å². The molecule has 0 unspecified atom stereocenters. The highest BCUT2D eigenvalue weighted by Crippen LogP contribution is 2.46. The highest BCUT2D eigenvalue weighted by molar-refractivity contribution is 7.88. The van der Waals surface area contributed by atoms with Crippen molar-refractivity contribution in [1.29, 1.82) is 0 Å². The monoisotopic (exact) mass is 346 g/mol. The van der Waals surface area contributed by atoms with E-state index < -0.39 is 15.6 Å². The third-order valence-electron chi connectivity index (χ3n) is 4.63. The maximum Gasteiger partial charge on any atom is 0.232 e. The molecule has 5 nitrogen and oxygen atoms in total. The minimum absolute atomic E-state index is 0.447. The average Bonchev–Trinajstić information content (AvgIpc) is 3.01. The van der Waals surface area contributed by atoms with Crippen molar-refractivity contribution in [1.82, 2.24) is 4.31 Å². The van der Waals surface area contributed by atoms with E-state index in [0.717, 1.165) is 28.3 Å². The van der Waals surface area contributed by atoms with E-state index in [2.05, 4.69) is 0 Å². The first kappa shape index (κ1) is 16.8. The van der Waals surface area contributed by atoms with E-state index in [-0.39, 0.29) is 0 Å². The van der Waals surface area contributed by atoms with Crippen molar-refractivity contribution in [2.75, 3.05) is 19.9 Å². The largest absolute Gasteiger partial charge is 0.497 e. The van der Waals surface area contributed by atoms with Crippen LogP contribution in [0.3, 0.4) is 0 Å². The van der Waals surface area contributed by atoms with E-state index in [9.17, 15) is 8.42 Å². The molecule has 24 heavy (non-hydrogen) atoms. The first-order chi connectivity index (χ1) is 11.3. The van der Waals surface area contributed by atoms with Crippen molar-refractivity contribution in [3.63, 3.8) is 0 Å². The van der Waals surface area contributed by atoms with Crippen LogP contribution in [0.4, 0.5) is 0 Å². The summed E-state index contributed by atoms with van der Waals surface area (Å²) in [7, 11) is -1.73. The van der Waals surface area contributed by atoms with Crippen LogP contribution >= 0.6 is 0 Å². The molecule has 0 N–H and O–H groups in total. The van der Waals surface area contributed by atoms with Crippen LogP contribution in [0.1, 0.15) is 25.8 Å². The first-order valence-corrected chi connectivity index (χ1v) is 9.70. The lowest BCUT2D eigenvalue weighted by Gasteiger charge is -2.27. The second-order valence-electron chi connectivity index (χ2n) is 6.33. The fourth-order valence-electron chi connectivity index (χ4n) is 3.48. The molecule has 1 saturated heterocycles. The highest BCUT2D eigenvalue weighted by atomic mass is 32.2. The second-order valence-corrected chi connectivity index (χ2v) is 8.24. The maximum atomic E-state index is 12.3. The second kappa shape index (κ2) is 5.77. The molecule has 2 aliphatic rings. The van der Waals surface area contributed by atoms with Crippen molar-refractivity contribution in [3.05, 3.63) is 47.2 Å². The molecule has 0 aliphatic carbocycles. The van der Waals surface area contributed by atoms with Gasteiger partial charge >= 0.3 is 0 Å². The quantitative estimate of drug-likeness (QED) is 0.845. The van der Waals surface area contributed by atoms with Gasteiger partial charge in [-0.05, 0) is 49.3 Å². The zero-order chi connectivity index (χ0) is 17.5. The van der Waals surface area contributed by atoms with Gasteiger partial charge < -0.3 is 4.74 Å². The van der Waals surface area contributed by atoms with Gasteiger partial charge in [-0.25, -0.2) is 8.42 Å². The van der Waals surface area contributed by atoms with Gasteiger partial charge in [0.1, 0.15) is 11.3 Å². The number of aliphatic imine (C=N–C) groups is 1. The lowest BCUT2D eigenvalue weighted by Crippen LogP contribution is -2.32. The van der Waals surface area contributed by atoms with Gasteiger partial charge in [0.15, 0.2) is 0 Å². The number of benzene rings is 1. The summed E-state index contributed by atoms with van der Waals surface area (Å²) >= 11 is 0. The van der Waals surface area contributed by atoms with Gasteiger partial charge in [0, 0.05) is 18.7 Å². The molecular formula is C18H22N2O3S. The molecule has 128 valence electrons. The molecule has 1 spiro atoms. The number of sulfonamides is 1. The fourth-order valence-corrected chi connectivity index (χ4v) is 4.46. The molecule has 6 heteroatoms. The van der Waals surface area contributed by atoms with E-state index in [1.807, 2.05) is 50.3 Å². The number of allylic oxidation sites excluding steroid dienone is 1. The van der Waals surface area contributed by atoms with Gasteiger partial charge in [-0.15, -0.1) is 0 Å². The molecule has 1 aromatic rings. The zero-order valence-corrected chi connectivity index (χ0v) is 15.2. The molecule has 2 aliphatic heterocycles. The van der Waals surface area contributed by atoms with E-state index in [4.69, 9.17) is 9.73 Å². The Bertz CT molecular complexity index is 851. The van der Waals surface area contributed by atoms with E-state index in [1.54, 1.807) is 7.11 Å². The van der Waals surface area contributed by atoms with Crippen molar-refractivity contribution in [3.8, 4) is 5.75 Å². The zero-order valence-electron chi connectivity index (χ0n) is 14.4. The Morgan fingerprint density at radius 2 is 1.92 bits per heavy atom. The van der Waals surface area contributed by atoms with E-state index in [0.29, 0.717) is 13.0 Å². The number of hydrogen-bond donors (Lipinski definition) is 0. The minimum atomic E-state index is -3.35. The van der Waals surface area contributed by atoms with Crippen LogP contribution in [-0.2, 0) is 10.0 Å². The van der Waals surface area contributed by atoms with Crippen molar-refractivity contribution < 1.29 is 13.2 Å². The number of rotatable bonds is 3. The first-order valence-electron chi connectivity index (χ1n) is 7.85. The van der Waals surface area contributed by atoms with Gasteiger partial charge in [-0.1, -0.05) is 12.1 Å². The summed E-state index contributed by atoms with van der Waals surface area (Å²) in [4.78, 5) is 4.80. The molecule has 0 aromatic heterocycles. The Morgan fingerprint density at radius 3 is 2.42 bits per heavy atom. The summed E-state index contributed by atoms with van der Waals surface area (Å²) < 4.78 is 31.2. The lowest BCUT2D eigenvalue weighted by molar-refractivity contribution is 0.415. The van der Waals surface area contributed by atoms with Crippen molar-refractivity contribution in [2.24, 2.45) is 4.99 Å². The summed E-state index contributed by atoms with van der Waals surface area (Å²) in [6, 6.07) is 7.57. The van der Waals surface area contributed by atoms with Crippen molar-refractivity contribution >= 4 is 21.8 Å². The van der Waals surface area contributed by atoms with Crippen LogP contribution in [0, 0.1) is 0 Å². The average molecular weight is 346 g/mol. The molecule has 2 heterocycles. The summed E-state index contributed by atoms with van der Waals surface area (Å²) in [6.07, 6.45) is 5.88. The normalized spacial score (nSPS) is 25.3. The maximum absolute atomic E-state index is 12.3. The number of nitrogens with zero attached hydrogens (tertiary/aromatic N) is 2. The third kappa shape index (κ3) is 2.75. The molecule has 0 amide bonds. The van der Waals surface area contributed by atoms with E-state index >= 15 is 0 Å². The molecule has 1 aromatic carbocycles. The molecule has 0 saturated carbocycles. The van der Waals surface area contributed by atoms with Crippen LogP contribution in [0.25, 0.3) is 6.08 Å². The Balaban J connectivity index is 2.13. The van der Waals surface area contributed by atoms with Crippen LogP contribution in [0.15, 0.2) is 46.6 Å². The van der Waals surface area contributed by atoms with Crippen molar-refractivity contribution in [2.45, 2.75) is 25.8 Å². The standard InChI is InChI=1S/C18H22N2O3S/c1-13-11-14(2)19-18(13)9-10-20(24(4,21)22)17(18)12-15-5-7-16(23-3)8-6-15/h5-8,11-12H,9-10H2,1-4H3/b17-12+/t18-/m1/s1. The Hall–Kier alpha value is -2.08. The molecule has 3 rings (SSSR count). The van der Waals surface area contributed by atoms with Gasteiger partial charge in [-0.3, -0.25) is 9.30 Å². The van der Waals surface area contributed by atoms with Crippen LogP contribution < -0.4 is 4.74 Å². The van der Waals surface area contributed by atoms with Gasteiger partial charge in [-0.2, -0.15) is 0 Å². The third-order valence-corrected chi connectivity index (χ3v) is 5.81. The van der Waals surface area contributed by atoms with Gasteiger partial charge in [0.05, 0.1) is 19.1 Å². The number of methoxy groups -OCH3 is 1. The SMILES string of the molecule is COc1ccc(/C=C2/N(S(C)(=O)=O)CC[C@]23N=C(C)C=C3C)cc1. The fraction of sp³-hybridized carbons (Fsp3) is 0.389. The molecular weight excluding hydrogens is 324 g/mol. The van der Waals surface area contributed by atoms with Crippen LogP contribution in [0.5, 0.6) is 5.75 Å². The summed E-state index contributed by atoms with van der Waals surface area (Å²) in [5.41, 5.74) is 3.11. The summed E-state index contributed by atoms with van der Waals surface area (Å²) in [6.45, 7) is 4.42. The predicted octanol–water partition coefficient (Wildman–Crippen LogP) is 2.86. The molecule has 1 fully saturated rings. The Morgan fingerprint density at radius 1 is 1.25 bits per heavy atom. The molecule has 0 bridgehead atoms. The Labute approximate surface area is 143 Å². The smallest absolute Gasteiger partial charge is 0.232 e. The van der Waals surface area contributed by atoms with Crippen LogP contribution in [-0.4, -0.2) is 43.9 Å².